The summed E-state index contributed by atoms with van der Waals surface area (Å²) in [5.74, 6) is -3.05. The van der Waals surface area contributed by atoms with Gasteiger partial charge in [0, 0.05) is 5.92 Å². The van der Waals surface area contributed by atoms with Crippen LogP contribution < -0.4 is 0 Å². The first-order chi connectivity index (χ1) is 4.46. The summed E-state index contributed by atoms with van der Waals surface area (Å²) < 4.78 is 25.8. The van der Waals surface area contributed by atoms with Crippen molar-refractivity contribution in [2.75, 3.05) is 0 Å². The van der Waals surface area contributed by atoms with Crippen LogP contribution in [0.1, 0.15) is 20.8 Å². The molecule has 0 aromatic rings. The average molecular weight is 146 g/mol. The molecule has 0 aromatic heterocycles. The third-order valence-electron chi connectivity index (χ3n) is 2.40. The fourth-order valence-corrected chi connectivity index (χ4v) is 1.34. The first kappa shape index (κ1) is 7.70. The van der Waals surface area contributed by atoms with Crippen LogP contribution in [0.5, 0.6) is 0 Å². The topological polar surface area (TPSA) is 0 Å². The second-order valence-electron chi connectivity index (χ2n) is 3.12. The van der Waals surface area contributed by atoms with Gasteiger partial charge in [-0.2, -0.15) is 0 Å². The molecule has 1 rings (SSSR count). The summed E-state index contributed by atoms with van der Waals surface area (Å²) in [7, 11) is 0. The maximum Gasteiger partial charge on any atom is 0.272 e. The Bertz CT molecular complexity index is 170. The van der Waals surface area contributed by atoms with Crippen molar-refractivity contribution in [3.63, 3.8) is 0 Å². The Morgan fingerprint density at radius 1 is 1.40 bits per heavy atom. The van der Waals surface area contributed by atoms with Gasteiger partial charge in [0.25, 0.3) is 5.92 Å². The second-order valence-corrected chi connectivity index (χ2v) is 3.12. The van der Waals surface area contributed by atoms with Crippen molar-refractivity contribution in [1.82, 2.24) is 0 Å². The van der Waals surface area contributed by atoms with Gasteiger partial charge in [-0.25, -0.2) is 8.78 Å². The summed E-state index contributed by atoms with van der Waals surface area (Å²) in [6, 6.07) is 0. The van der Waals surface area contributed by atoms with Crippen LogP contribution in [0, 0.1) is 11.8 Å². The average Bonchev–Trinajstić information content (AvgIpc) is 1.97. The van der Waals surface area contributed by atoms with Crippen molar-refractivity contribution in [1.29, 1.82) is 0 Å². The Kier molecular flexibility index (Phi) is 1.57. The third-order valence-corrected chi connectivity index (χ3v) is 2.40. The van der Waals surface area contributed by atoms with Crippen LogP contribution in [-0.2, 0) is 0 Å². The normalized spacial score (nSPS) is 37.9. The quantitative estimate of drug-likeness (QED) is 0.461. The minimum absolute atomic E-state index is 0.0231. The molecular weight excluding hydrogens is 134 g/mol. The lowest BCUT2D eigenvalue weighted by atomic mass is 9.96. The lowest BCUT2D eigenvalue weighted by Crippen LogP contribution is -2.24. The molecule has 10 heavy (non-hydrogen) atoms. The van der Waals surface area contributed by atoms with Crippen LogP contribution in [0.25, 0.3) is 0 Å². The fourth-order valence-electron chi connectivity index (χ4n) is 1.34. The predicted octanol–water partition coefficient (Wildman–Crippen LogP) is 2.85. The van der Waals surface area contributed by atoms with E-state index in [2.05, 4.69) is 0 Å². The lowest BCUT2D eigenvalue weighted by molar-refractivity contribution is -0.0127. The van der Waals surface area contributed by atoms with Gasteiger partial charge in [0.05, 0.1) is 0 Å². The molecule has 0 radical (unpaired) electrons. The van der Waals surface area contributed by atoms with Crippen LogP contribution >= 0.6 is 0 Å². The second kappa shape index (κ2) is 2.04. The number of allylic oxidation sites excluding steroid dienone is 2. The molecule has 0 aliphatic heterocycles. The molecule has 0 spiro atoms. The third kappa shape index (κ3) is 0.862. The van der Waals surface area contributed by atoms with Crippen molar-refractivity contribution in [3.05, 3.63) is 11.6 Å². The van der Waals surface area contributed by atoms with Crippen LogP contribution in [0.2, 0.25) is 0 Å². The van der Waals surface area contributed by atoms with E-state index in [1.807, 2.05) is 6.92 Å². The highest BCUT2D eigenvalue weighted by Crippen LogP contribution is 2.43. The van der Waals surface area contributed by atoms with Gasteiger partial charge in [-0.05, 0) is 18.4 Å². The van der Waals surface area contributed by atoms with Crippen molar-refractivity contribution in [2.24, 2.45) is 11.8 Å². The maximum atomic E-state index is 12.9. The number of alkyl halides is 2. The molecule has 2 atom stereocenters. The van der Waals surface area contributed by atoms with Gasteiger partial charge in [-0.1, -0.05) is 19.9 Å². The summed E-state index contributed by atoms with van der Waals surface area (Å²) in [5.41, 5.74) is 0.229. The molecule has 0 bridgehead atoms. The van der Waals surface area contributed by atoms with E-state index in [4.69, 9.17) is 0 Å². The zero-order valence-corrected chi connectivity index (χ0v) is 6.49. The Morgan fingerprint density at radius 3 is 2.00 bits per heavy atom. The number of hydrogen-bond acceptors (Lipinski definition) is 0. The Hall–Kier alpha value is -0.400. The van der Waals surface area contributed by atoms with E-state index >= 15 is 0 Å². The van der Waals surface area contributed by atoms with Gasteiger partial charge < -0.3 is 0 Å². The SMILES string of the molecule is CC1=CC(C)C(C)C1(F)F. The summed E-state index contributed by atoms with van der Waals surface area (Å²) in [4.78, 5) is 0. The van der Waals surface area contributed by atoms with E-state index < -0.39 is 11.8 Å². The molecule has 1 aliphatic rings. The molecule has 0 amide bonds. The summed E-state index contributed by atoms with van der Waals surface area (Å²) in [5, 5.41) is 0. The Morgan fingerprint density at radius 2 is 1.90 bits per heavy atom. The number of hydrogen-bond donors (Lipinski definition) is 0. The van der Waals surface area contributed by atoms with Gasteiger partial charge >= 0.3 is 0 Å². The monoisotopic (exact) mass is 146 g/mol. The molecule has 0 N–H and O–H groups in total. The number of halogens is 2. The molecule has 0 saturated carbocycles. The largest absolute Gasteiger partial charge is 0.272 e. The van der Waals surface area contributed by atoms with Crippen molar-refractivity contribution in [2.45, 2.75) is 26.7 Å². The summed E-state index contributed by atoms with van der Waals surface area (Å²) in [6.07, 6.45) is 1.66. The van der Waals surface area contributed by atoms with Crippen LogP contribution in [0.3, 0.4) is 0 Å². The first-order valence-electron chi connectivity index (χ1n) is 3.53. The molecule has 0 saturated heterocycles. The van der Waals surface area contributed by atoms with Crippen LogP contribution in [0.4, 0.5) is 8.78 Å². The smallest absolute Gasteiger partial charge is 0.201 e. The lowest BCUT2D eigenvalue weighted by Gasteiger charge is -2.19. The van der Waals surface area contributed by atoms with Crippen molar-refractivity contribution >= 4 is 0 Å². The predicted molar refractivity (Wildman–Crippen MR) is 37.0 cm³/mol. The van der Waals surface area contributed by atoms with E-state index in [0.717, 1.165) is 0 Å². The molecule has 2 heteroatoms. The summed E-state index contributed by atoms with van der Waals surface area (Å²) in [6.45, 7) is 4.92. The molecule has 0 heterocycles. The van der Waals surface area contributed by atoms with Gasteiger partial charge in [0.1, 0.15) is 0 Å². The van der Waals surface area contributed by atoms with Gasteiger partial charge in [0.15, 0.2) is 0 Å². The molecule has 0 fully saturated rings. The zero-order chi connectivity index (χ0) is 7.94. The first-order valence-corrected chi connectivity index (χ1v) is 3.53. The highest BCUT2D eigenvalue weighted by molar-refractivity contribution is 5.20. The molecule has 1 aliphatic carbocycles. The minimum Gasteiger partial charge on any atom is -0.201 e. The molecule has 0 nitrogen and oxygen atoms in total. The number of rotatable bonds is 0. The van der Waals surface area contributed by atoms with Gasteiger partial charge in [-0.15, -0.1) is 0 Å². The maximum absolute atomic E-state index is 12.9. The van der Waals surface area contributed by atoms with E-state index in [9.17, 15) is 8.78 Å². The van der Waals surface area contributed by atoms with E-state index in [-0.39, 0.29) is 11.5 Å². The van der Waals surface area contributed by atoms with E-state index in [0.29, 0.717) is 0 Å². The summed E-state index contributed by atoms with van der Waals surface area (Å²) >= 11 is 0. The highest BCUT2D eigenvalue weighted by Gasteiger charge is 2.45. The van der Waals surface area contributed by atoms with E-state index in [1.54, 1.807) is 13.0 Å². The molecule has 58 valence electrons. The Labute approximate surface area is 59.9 Å². The van der Waals surface area contributed by atoms with Gasteiger partial charge in [-0.3, -0.25) is 0 Å². The van der Waals surface area contributed by atoms with Crippen LogP contribution in [0.15, 0.2) is 11.6 Å². The van der Waals surface area contributed by atoms with E-state index in [1.165, 1.54) is 6.92 Å². The van der Waals surface area contributed by atoms with Gasteiger partial charge in [0.2, 0.25) is 0 Å². The minimum atomic E-state index is -2.56. The van der Waals surface area contributed by atoms with Crippen molar-refractivity contribution < 1.29 is 8.78 Å². The molecule has 2 unspecified atom stereocenters. The molecule has 0 aromatic carbocycles. The Balaban J connectivity index is 2.89. The van der Waals surface area contributed by atoms with Crippen LogP contribution in [-0.4, -0.2) is 5.92 Å². The van der Waals surface area contributed by atoms with Crippen molar-refractivity contribution in [3.8, 4) is 0 Å². The molecular formula is C8H12F2. The fraction of sp³-hybridized carbons (Fsp3) is 0.750. The zero-order valence-electron chi connectivity index (χ0n) is 6.49. The highest BCUT2D eigenvalue weighted by atomic mass is 19.3. The standard InChI is InChI=1S/C8H12F2/c1-5-4-6(2)8(9,10)7(5)3/h4-5,7H,1-3H3.